The van der Waals surface area contributed by atoms with E-state index in [2.05, 4.69) is 6.07 Å². The predicted molar refractivity (Wildman–Crippen MR) is 63.9 cm³/mol. The fourth-order valence-corrected chi connectivity index (χ4v) is 2.09. The van der Waals surface area contributed by atoms with Crippen molar-refractivity contribution >= 4 is 23.3 Å². The van der Waals surface area contributed by atoms with E-state index in [-0.39, 0.29) is 12.0 Å². The van der Waals surface area contributed by atoms with E-state index in [1.165, 1.54) is 7.11 Å². The van der Waals surface area contributed by atoms with Gasteiger partial charge in [-0.2, -0.15) is 5.26 Å². The summed E-state index contributed by atoms with van der Waals surface area (Å²) < 4.78 is 4.71. The van der Waals surface area contributed by atoms with E-state index in [4.69, 9.17) is 21.6 Å². The molecular weight excluding hydrogens is 240 g/mol. The van der Waals surface area contributed by atoms with Crippen LogP contribution in [0.2, 0.25) is 5.02 Å². The molecule has 1 aromatic rings. The molecule has 1 fully saturated rings. The van der Waals surface area contributed by atoms with Crippen LogP contribution in [0.3, 0.4) is 0 Å². The Morgan fingerprint density at radius 2 is 2.41 bits per heavy atom. The Labute approximate surface area is 104 Å². The van der Waals surface area contributed by atoms with Gasteiger partial charge in [0.15, 0.2) is 0 Å². The molecule has 1 unspecified atom stereocenters. The number of carbonyl (C=O) groups is 1. The zero-order valence-electron chi connectivity index (χ0n) is 9.31. The Morgan fingerprint density at radius 1 is 1.65 bits per heavy atom. The van der Waals surface area contributed by atoms with Gasteiger partial charge in [-0.3, -0.25) is 0 Å². The molecule has 0 aliphatic carbocycles. The largest absolute Gasteiger partial charge is 0.467 e. The number of hydrogen-bond donors (Lipinski definition) is 0. The first-order chi connectivity index (χ1) is 8.17. The summed E-state index contributed by atoms with van der Waals surface area (Å²) in [6, 6.07) is 6.78. The lowest BCUT2D eigenvalue weighted by atomic mass is 10.0. The number of nitrogens with zero attached hydrogens (tertiary/aromatic N) is 2. The Balaban J connectivity index is 2.29. The molecule has 0 aromatic heterocycles. The van der Waals surface area contributed by atoms with Crippen LogP contribution in [0.25, 0.3) is 0 Å². The first-order valence-electron chi connectivity index (χ1n) is 5.21. The quantitative estimate of drug-likeness (QED) is 0.753. The predicted octanol–water partition coefficient (Wildman–Crippen LogP) is 1.96. The maximum Gasteiger partial charge on any atom is 0.328 e. The van der Waals surface area contributed by atoms with Crippen molar-refractivity contribution in [3.05, 3.63) is 28.8 Å². The molecule has 0 spiro atoms. The summed E-state index contributed by atoms with van der Waals surface area (Å²) in [5, 5.41) is 9.38. The van der Waals surface area contributed by atoms with Crippen molar-refractivity contribution in [1.29, 1.82) is 5.26 Å². The van der Waals surface area contributed by atoms with Gasteiger partial charge in [0.2, 0.25) is 0 Å². The molecule has 2 rings (SSSR count). The monoisotopic (exact) mass is 250 g/mol. The molecule has 1 heterocycles. The number of esters is 1. The Hall–Kier alpha value is -1.73. The lowest BCUT2D eigenvalue weighted by Crippen LogP contribution is -2.53. The standard InChI is InChI=1S/C12H11ClN2O2/c1-17-12(16)10-4-5-15(10)11-6-8(7-14)2-3-9(11)13/h2-3,6,10H,4-5H2,1H3. The van der Waals surface area contributed by atoms with Crippen molar-refractivity contribution in [1.82, 2.24) is 0 Å². The summed E-state index contributed by atoms with van der Waals surface area (Å²) in [6.45, 7) is 0.744. The lowest BCUT2D eigenvalue weighted by Gasteiger charge is -2.41. The van der Waals surface area contributed by atoms with Crippen molar-refractivity contribution in [3.63, 3.8) is 0 Å². The average Bonchev–Trinajstić information content (AvgIpc) is 2.30. The fraction of sp³-hybridized carbons (Fsp3) is 0.333. The Kier molecular flexibility index (Phi) is 3.21. The van der Waals surface area contributed by atoms with Gasteiger partial charge in [0.1, 0.15) is 6.04 Å². The van der Waals surface area contributed by atoms with Gasteiger partial charge in [0.05, 0.1) is 29.5 Å². The van der Waals surface area contributed by atoms with Crippen LogP contribution in [0.15, 0.2) is 18.2 Å². The van der Waals surface area contributed by atoms with Crippen LogP contribution in [0, 0.1) is 11.3 Å². The van der Waals surface area contributed by atoms with E-state index in [0.29, 0.717) is 16.3 Å². The molecular formula is C12H11ClN2O2. The summed E-state index contributed by atoms with van der Waals surface area (Å²) in [4.78, 5) is 13.3. The maximum atomic E-state index is 11.5. The van der Waals surface area contributed by atoms with E-state index in [1.54, 1.807) is 18.2 Å². The third-order valence-corrected chi connectivity index (χ3v) is 3.20. The van der Waals surface area contributed by atoms with Crippen LogP contribution < -0.4 is 4.90 Å². The number of halogens is 1. The molecule has 0 bridgehead atoms. The zero-order valence-corrected chi connectivity index (χ0v) is 10.1. The van der Waals surface area contributed by atoms with E-state index in [0.717, 1.165) is 13.0 Å². The molecule has 0 amide bonds. The number of nitriles is 1. The molecule has 1 aliphatic rings. The van der Waals surface area contributed by atoms with Crippen LogP contribution in [-0.2, 0) is 9.53 Å². The number of carbonyl (C=O) groups excluding carboxylic acids is 1. The van der Waals surface area contributed by atoms with Crippen LogP contribution in [0.5, 0.6) is 0 Å². The van der Waals surface area contributed by atoms with E-state index in [9.17, 15) is 4.79 Å². The van der Waals surface area contributed by atoms with Gasteiger partial charge in [-0.25, -0.2) is 4.79 Å². The molecule has 1 aliphatic heterocycles. The summed E-state index contributed by atoms with van der Waals surface area (Å²) >= 11 is 6.07. The molecule has 5 heteroatoms. The minimum atomic E-state index is -0.286. The molecule has 0 radical (unpaired) electrons. The Bertz CT molecular complexity index is 496. The van der Waals surface area contributed by atoms with Crippen molar-refractivity contribution in [2.45, 2.75) is 12.5 Å². The molecule has 1 aromatic carbocycles. The fourth-order valence-electron chi connectivity index (χ4n) is 1.86. The average molecular weight is 251 g/mol. The minimum absolute atomic E-state index is 0.269. The summed E-state index contributed by atoms with van der Waals surface area (Å²) in [7, 11) is 1.37. The number of hydrogen-bond acceptors (Lipinski definition) is 4. The second-order valence-corrected chi connectivity index (χ2v) is 4.21. The van der Waals surface area contributed by atoms with Gasteiger partial charge in [0, 0.05) is 6.54 Å². The Morgan fingerprint density at radius 3 is 2.94 bits per heavy atom. The van der Waals surface area contributed by atoms with Gasteiger partial charge in [-0.1, -0.05) is 11.6 Å². The molecule has 0 saturated carbocycles. The van der Waals surface area contributed by atoms with Gasteiger partial charge in [-0.05, 0) is 24.6 Å². The smallest absolute Gasteiger partial charge is 0.328 e. The van der Waals surface area contributed by atoms with Gasteiger partial charge in [0.25, 0.3) is 0 Å². The second-order valence-electron chi connectivity index (χ2n) is 3.80. The van der Waals surface area contributed by atoms with Crippen LogP contribution in [-0.4, -0.2) is 25.7 Å². The van der Waals surface area contributed by atoms with Crippen molar-refractivity contribution in [2.75, 3.05) is 18.6 Å². The van der Waals surface area contributed by atoms with E-state index < -0.39 is 0 Å². The third-order valence-electron chi connectivity index (χ3n) is 2.88. The van der Waals surface area contributed by atoms with Crippen LogP contribution in [0.4, 0.5) is 5.69 Å². The number of rotatable bonds is 2. The number of ether oxygens (including phenoxy) is 1. The first-order valence-corrected chi connectivity index (χ1v) is 5.59. The maximum absolute atomic E-state index is 11.5. The molecule has 1 saturated heterocycles. The van der Waals surface area contributed by atoms with Crippen molar-refractivity contribution in [2.24, 2.45) is 0 Å². The van der Waals surface area contributed by atoms with Crippen LogP contribution >= 0.6 is 11.6 Å². The minimum Gasteiger partial charge on any atom is -0.467 e. The highest BCUT2D eigenvalue weighted by Crippen LogP contribution is 2.33. The molecule has 88 valence electrons. The molecule has 0 N–H and O–H groups in total. The van der Waals surface area contributed by atoms with Crippen molar-refractivity contribution < 1.29 is 9.53 Å². The van der Waals surface area contributed by atoms with Crippen LogP contribution in [0.1, 0.15) is 12.0 Å². The summed E-state index contributed by atoms with van der Waals surface area (Å²) in [5.74, 6) is -0.269. The highest BCUT2D eigenvalue weighted by atomic mass is 35.5. The second kappa shape index (κ2) is 4.64. The third kappa shape index (κ3) is 2.06. The number of benzene rings is 1. The van der Waals surface area contributed by atoms with E-state index in [1.807, 2.05) is 4.90 Å². The topological polar surface area (TPSA) is 53.3 Å². The lowest BCUT2D eigenvalue weighted by molar-refractivity contribution is -0.143. The number of anilines is 1. The summed E-state index contributed by atoms with van der Waals surface area (Å²) in [5.41, 5.74) is 1.24. The highest BCUT2D eigenvalue weighted by molar-refractivity contribution is 6.33. The first kappa shape index (κ1) is 11.7. The zero-order chi connectivity index (χ0) is 12.4. The molecule has 17 heavy (non-hydrogen) atoms. The summed E-state index contributed by atoms with van der Waals surface area (Å²) in [6.07, 6.45) is 0.750. The van der Waals surface area contributed by atoms with Gasteiger partial charge < -0.3 is 9.64 Å². The van der Waals surface area contributed by atoms with Gasteiger partial charge in [-0.15, -0.1) is 0 Å². The van der Waals surface area contributed by atoms with Gasteiger partial charge >= 0.3 is 5.97 Å². The molecule has 4 nitrogen and oxygen atoms in total. The normalized spacial score (nSPS) is 18.2. The SMILES string of the molecule is COC(=O)C1CCN1c1cc(C#N)ccc1Cl. The van der Waals surface area contributed by atoms with Crippen molar-refractivity contribution in [3.8, 4) is 6.07 Å². The number of methoxy groups -OCH3 is 1. The van der Waals surface area contributed by atoms with E-state index >= 15 is 0 Å². The highest BCUT2D eigenvalue weighted by Gasteiger charge is 2.36. The molecule has 1 atom stereocenters.